The van der Waals surface area contributed by atoms with Crippen LogP contribution in [0.15, 0.2) is 53.3 Å². The summed E-state index contributed by atoms with van der Waals surface area (Å²) < 4.78 is 25.4. The van der Waals surface area contributed by atoms with Gasteiger partial charge in [-0.2, -0.15) is 0 Å². The number of hydrogen-bond acceptors (Lipinski definition) is 5. The molecule has 0 aromatic carbocycles. The van der Waals surface area contributed by atoms with Gasteiger partial charge in [-0.05, 0) is 71.5 Å². The summed E-state index contributed by atoms with van der Waals surface area (Å²) in [5.41, 5.74) is 4.37. The third-order valence-electron chi connectivity index (χ3n) is 6.58. The molecule has 1 aliphatic rings. The molecule has 1 heterocycles. The number of likely N-dealkylation sites (N-methyl/N-ethyl adjacent to an activating group) is 1. The molecule has 0 aliphatic heterocycles. The fourth-order valence-corrected chi connectivity index (χ4v) is 5.59. The van der Waals surface area contributed by atoms with Crippen LogP contribution < -0.4 is 10.6 Å². The van der Waals surface area contributed by atoms with Gasteiger partial charge in [-0.3, -0.25) is 9.59 Å². The number of allylic oxidation sites excluding steroid dienone is 4. The molecular weight excluding hydrogens is 512 g/mol. The molecule has 9 heteroatoms. The zero-order valence-electron chi connectivity index (χ0n) is 23.8. The molecule has 0 spiro atoms. The molecule has 0 atom stereocenters. The van der Waals surface area contributed by atoms with Crippen LogP contribution in [0.2, 0.25) is 0 Å². The zero-order chi connectivity index (χ0) is 29.0. The largest absolute Gasteiger partial charge is 0.358 e. The normalized spacial score (nSPS) is 14.7. The Morgan fingerprint density at radius 2 is 1.87 bits per heavy atom. The van der Waals surface area contributed by atoms with Crippen molar-refractivity contribution in [3.63, 3.8) is 0 Å². The molecule has 1 aromatic heterocycles. The summed E-state index contributed by atoms with van der Waals surface area (Å²) in [7, 11) is -3.41. The van der Waals surface area contributed by atoms with E-state index in [-0.39, 0.29) is 23.0 Å². The van der Waals surface area contributed by atoms with Crippen molar-refractivity contribution in [2.45, 2.75) is 47.5 Å². The molecule has 2 rings (SSSR count). The fraction of sp³-hybridized carbons (Fsp3) is 0.433. The molecule has 0 saturated carbocycles. The molecule has 0 unspecified atom stereocenters. The summed E-state index contributed by atoms with van der Waals surface area (Å²) >= 11 is 0. The SMILES string of the molecule is [CH]C1=CC=C(CS(=O)(=O)C/C=C/C(=C/c2[nH]c(C)c(C(=O)NCCN(CC)CC)c2C)C(=O)N/C=C/C)CC1. The number of sulfone groups is 1. The second-order valence-electron chi connectivity index (χ2n) is 9.54. The lowest BCUT2D eigenvalue weighted by Crippen LogP contribution is -2.35. The highest BCUT2D eigenvalue weighted by Crippen LogP contribution is 2.22. The van der Waals surface area contributed by atoms with E-state index in [0.717, 1.165) is 30.8 Å². The van der Waals surface area contributed by atoms with Crippen LogP contribution in [0.4, 0.5) is 0 Å². The second-order valence-corrected chi connectivity index (χ2v) is 11.7. The van der Waals surface area contributed by atoms with Gasteiger partial charge in [0.15, 0.2) is 9.84 Å². The third kappa shape index (κ3) is 10.1. The Bertz CT molecular complexity index is 1280. The molecule has 212 valence electrons. The summed E-state index contributed by atoms with van der Waals surface area (Å²) in [6.07, 6.45) is 12.6. The first-order valence-electron chi connectivity index (χ1n) is 13.4. The van der Waals surface area contributed by atoms with Gasteiger partial charge in [-0.25, -0.2) is 8.42 Å². The van der Waals surface area contributed by atoms with Crippen LogP contribution in [0.3, 0.4) is 0 Å². The highest BCUT2D eigenvalue weighted by Gasteiger charge is 2.19. The third-order valence-corrected chi connectivity index (χ3v) is 8.09. The number of aromatic nitrogens is 1. The van der Waals surface area contributed by atoms with E-state index in [1.165, 1.54) is 18.4 Å². The van der Waals surface area contributed by atoms with E-state index in [0.29, 0.717) is 41.9 Å². The van der Waals surface area contributed by atoms with Crippen molar-refractivity contribution in [2.24, 2.45) is 0 Å². The number of H-pyrrole nitrogens is 1. The van der Waals surface area contributed by atoms with Crippen LogP contribution in [0, 0.1) is 20.8 Å². The summed E-state index contributed by atoms with van der Waals surface area (Å²) in [5.74, 6) is -0.828. The van der Waals surface area contributed by atoms with Crippen LogP contribution in [0.25, 0.3) is 6.08 Å². The van der Waals surface area contributed by atoms with Crippen molar-refractivity contribution in [3.05, 3.63) is 82.7 Å². The first-order valence-corrected chi connectivity index (χ1v) is 15.2. The Labute approximate surface area is 233 Å². The minimum atomic E-state index is -3.41. The molecule has 1 aromatic rings. The first kappa shape index (κ1) is 32.0. The molecular formula is C30H42N4O4S. The highest BCUT2D eigenvalue weighted by atomic mass is 32.2. The number of carbonyl (C=O) groups is 2. The van der Waals surface area contributed by atoms with Crippen molar-refractivity contribution < 1.29 is 18.0 Å². The zero-order valence-corrected chi connectivity index (χ0v) is 24.6. The summed E-state index contributed by atoms with van der Waals surface area (Å²) in [6, 6.07) is 0. The van der Waals surface area contributed by atoms with E-state index in [9.17, 15) is 18.0 Å². The van der Waals surface area contributed by atoms with Crippen LogP contribution in [-0.4, -0.2) is 67.8 Å². The van der Waals surface area contributed by atoms with Gasteiger partial charge >= 0.3 is 0 Å². The Hall–Kier alpha value is -3.17. The fourth-order valence-electron chi connectivity index (χ4n) is 4.28. The van der Waals surface area contributed by atoms with Crippen LogP contribution in [0.1, 0.15) is 60.9 Å². The lowest BCUT2D eigenvalue weighted by molar-refractivity contribution is -0.116. The van der Waals surface area contributed by atoms with Crippen LogP contribution >= 0.6 is 0 Å². The van der Waals surface area contributed by atoms with E-state index in [2.05, 4.69) is 34.4 Å². The molecule has 0 saturated heterocycles. The number of nitrogens with zero attached hydrogens (tertiary/aromatic N) is 1. The number of rotatable bonds is 14. The van der Waals surface area contributed by atoms with E-state index >= 15 is 0 Å². The number of hydrogen-bond donors (Lipinski definition) is 3. The number of aromatic amines is 1. The molecule has 0 bridgehead atoms. The Morgan fingerprint density at radius 3 is 2.49 bits per heavy atom. The minimum absolute atomic E-state index is 0.0490. The van der Waals surface area contributed by atoms with E-state index in [4.69, 9.17) is 6.92 Å². The maximum absolute atomic E-state index is 12.9. The van der Waals surface area contributed by atoms with Gasteiger partial charge in [-0.1, -0.05) is 55.4 Å². The minimum Gasteiger partial charge on any atom is -0.358 e. The lowest BCUT2D eigenvalue weighted by Gasteiger charge is -2.18. The summed E-state index contributed by atoms with van der Waals surface area (Å²) in [5, 5.41) is 5.65. The molecule has 2 amide bonds. The lowest BCUT2D eigenvalue weighted by atomic mass is 10.0. The average molecular weight is 555 g/mol. The summed E-state index contributed by atoms with van der Waals surface area (Å²) in [6.45, 7) is 18.5. The number of nitrogens with one attached hydrogen (secondary N) is 3. The number of aryl methyl sites for hydroxylation is 1. The monoisotopic (exact) mass is 554 g/mol. The van der Waals surface area contributed by atoms with Crippen molar-refractivity contribution in [1.29, 1.82) is 0 Å². The maximum atomic E-state index is 12.9. The van der Waals surface area contributed by atoms with Gasteiger partial charge in [0.05, 0.1) is 17.1 Å². The van der Waals surface area contributed by atoms with Crippen LogP contribution in [-0.2, 0) is 14.6 Å². The topological polar surface area (TPSA) is 111 Å². The second kappa shape index (κ2) is 15.4. The van der Waals surface area contributed by atoms with Gasteiger partial charge in [0, 0.05) is 30.1 Å². The van der Waals surface area contributed by atoms with Crippen LogP contribution in [0.5, 0.6) is 0 Å². The summed E-state index contributed by atoms with van der Waals surface area (Å²) in [4.78, 5) is 31.2. The van der Waals surface area contributed by atoms with Gasteiger partial charge in [0.2, 0.25) is 0 Å². The molecule has 2 radical (unpaired) electrons. The van der Waals surface area contributed by atoms with E-state index in [1.54, 1.807) is 31.2 Å². The molecule has 0 fully saturated rings. The molecule has 8 nitrogen and oxygen atoms in total. The molecule has 3 N–H and O–H groups in total. The van der Waals surface area contributed by atoms with Crippen molar-refractivity contribution in [2.75, 3.05) is 37.7 Å². The Balaban J connectivity index is 2.23. The van der Waals surface area contributed by atoms with Gasteiger partial charge in [-0.15, -0.1) is 0 Å². The van der Waals surface area contributed by atoms with Crippen molar-refractivity contribution in [3.8, 4) is 0 Å². The van der Waals surface area contributed by atoms with Gasteiger partial charge in [0.25, 0.3) is 11.8 Å². The maximum Gasteiger partial charge on any atom is 0.255 e. The van der Waals surface area contributed by atoms with Crippen molar-refractivity contribution in [1.82, 2.24) is 20.5 Å². The number of amides is 2. The standard InChI is InChI=1S/C30H42N4O4S/c1-7-16-31-29(35)26(11-10-19-39(37,38)21-25-14-12-22(4)13-15-25)20-27-23(5)28(24(6)33-27)30(36)32-17-18-34(8-2)9-3/h4,7,10-12,14,16,20,33H,8-9,13,15,17-19,21H2,1-3,5-6H3,(H,31,35)(H,32,36)/b11-10+,16-7+,26-20-. The number of carbonyl (C=O) groups excluding carboxylic acids is 2. The van der Waals surface area contributed by atoms with Gasteiger partial charge in [0.1, 0.15) is 0 Å². The quantitative estimate of drug-likeness (QED) is 0.237. The van der Waals surface area contributed by atoms with E-state index < -0.39 is 15.7 Å². The molecule has 39 heavy (non-hydrogen) atoms. The predicted octanol–water partition coefficient (Wildman–Crippen LogP) is 4.07. The van der Waals surface area contributed by atoms with E-state index in [1.807, 2.05) is 13.8 Å². The Kier molecular flexibility index (Phi) is 12.7. The van der Waals surface area contributed by atoms with Gasteiger partial charge < -0.3 is 20.5 Å². The highest BCUT2D eigenvalue weighted by molar-refractivity contribution is 7.91. The predicted molar refractivity (Wildman–Crippen MR) is 159 cm³/mol. The van der Waals surface area contributed by atoms with Crippen molar-refractivity contribution >= 4 is 27.7 Å². The smallest absolute Gasteiger partial charge is 0.255 e. The first-order chi connectivity index (χ1) is 18.5. The Morgan fingerprint density at radius 1 is 1.15 bits per heavy atom. The average Bonchev–Trinajstić information content (AvgIpc) is 3.17. The molecule has 1 aliphatic carbocycles.